The Labute approximate surface area is 68.2 Å². The lowest BCUT2D eigenvalue weighted by molar-refractivity contribution is 0.382. The van der Waals surface area contributed by atoms with Crippen molar-refractivity contribution in [3.05, 3.63) is 23.0 Å². The highest BCUT2D eigenvalue weighted by Gasteiger charge is 2.06. The van der Waals surface area contributed by atoms with Crippen LogP contribution in [0.4, 0.5) is 4.39 Å². The van der Waals surface area contributed by atoms with Crippen LogP contribution in [0.1, 0.15) is 0 Å². The zero-order valence-electron chi connectivity index (χ0n) is 5.77. The second-order valence-corrected chi connectivity index (χ2v) is 2.35. The smallest absolute Gasteiger partial charge is 0.168 e. The zero-order chi connectivity index (χ0) is 8.43. The molecule has 1 aromatic rings. The third-order valence-corrected chi connectivity index (χ3v) is 1.52. The summed E-state index contributed by atoms with van der Waals surface area (Å²) in [5.74, 6) is -0.896. The van der Waals surface area contributed by atoms with Gasteiger partial charge in [-0.15, -0.1) is 0 Å². The largest absolute Gasteiger partial charge is 0.506 e. The average Bonchev–Trinajstić information content (AvgIpc) is 1.97. The highest BCUT2D eigenvalue weighted by atomic mass is 35.5. The number of hydrogen-bond donors (Lipinski definition) is 1. The summed E-state index contributed by atoms with van der Waals surface area (Å²) >= 11 is 5.47. The van der Waals surface area contributed by atoms with Crippen molar-refractivity contribution < 1.29 is 14.2 Å². The van der Waals surface area contributed by atoms with E-state index in [2.05, 4.69) is 4.74 Å². The van der Waals surface area contributed by atoms with E-state index < -0.39 is 5.82 Å². The van der Waals surface area contributed by atoms with Crippen molar-refractivity contribution in [1.82, 2.24) is 0 Å². The van der Waals surface area contributed by atoms with Crippen LogP contribution in [-0.4, -0.2) is 12.2 Å². The number of benzene rings is 1. The van der Waals surface area contributed by atoms with Crippen molar-refractivity contribution in [1.29, 1.82) is 0 Å². The van der Waals surface area contributed by atoms with Gasteiger partial charge in [0.15, 0.2) is 11.6 Å². The van der Waals surface area contributed by atoms with Gasteiger partial charge >= 0.3 is 0 Å². The van der Waals surface area contributed by atoms with E-state index in [1.165, 1.54) is 13.2 Å². The number of aromatic hydroxyl groups is 1. The molecule has 0 bridgehead atoms. The summed E-state index contributed by atoms with van der Waals surface area (Å²) in [4.78, 5) is 0. The second-order valence-electron chi connectivity index (χ2n) is 1.94. The Kier molecular flexibility index (Phi) is 2.19. The van der Waals surface area contributed by atoms with Crippen LogP contribution in [0.25, 0.3) is 0 Å². The molecule has 0 aliphatic rings. The summed E-state index contributed by atoms with van der Waals surface area (Å²) in [7, 11) is 1.33. The summed E-state index contributed by atoms with van der Waals surface area (Å²) in [6.07, 6.45) is 0. The Hall–Kier alpha value is -0.960. The molecular weight excluding hydrogens is 171 g/mol. The minimum absolute atomic E-state index is 0.0211. The molecule has 1 aromatic carbocycles. The zero-order valence-corrected chi connectivity index (χ0v) is 6.52. The molecule has 0 unspecified atom stereocenters. The third-order valence-electron chi connectivity index (χ3n) is 1.22. The van der Waals surface area contributed by atoms with Gasteiger partial charge in [0.2, 0.25) is 0 Å². The van der Waals surface area contributed by atoms with Crippen molar-refractivity contribution in [2.45, 2.75) is 0 Å². The van der Waals surface area contributed by atoms with Gasteiger partial charge in [0.1, 0.15) is 5.75 Å². The fraction of sp³-hybridized carbons (Fsp3) is 0.143. The van der Waals surface area contributed by atoms with Crippen molar-refractivity contribution in [2.75, 3.05) is 7.11 Å². The standard InChI is InChI=1S/C7H6ClFO2/c1-11-7-2-4(8)6(10)3-5(7)9/h2-3,10H,1H3. The number of hydrogen-bond acceptors (Lipinski definition) is 2. The molecule has 4 heteroatoms. The first-order valence-electron chi connectivity index (χ1n) is 2.87. The molecule has 0 saturated heterocycles. The molecule has 11 heavy (non-hydrogen) atoms. The average molecular weight is 177 g/mol. The van der Waals surface area contributed by atoms with Crippen molar-refractivity contribution in [2.24, 2.45) is 0 Å². The fourth-order valence-electron chi connectivity index (χ4n) is 0.675. The molecule has 0 amide bonds. The number of phenols is 1. The first kappa shape index (κ1) is 8.14. The molecule has 60 valence electrons. The van der Waals surface area contributed by atoms with E-state index in [-0.39, 0.29) is 16.5 Å². The molecular formula is C7H6ClFO2. The van der Waals surface area contributed by atoms with E-state index in [0.29, 0.717) is 0 Å². The van der Waals surface area contributed by atoms with Crippen molar-refractivity contribution in [3.8, 4) is 11.5 Å². The molecule has 0 spiro atoms. The quantitative estimate of drug-likeness (QED) is 0.711. The number of methoxy groups -OCH3 is 1. The SMILES string of the molecule is COc1cc(Cl)c(O)cc1F. The first-order valence-corrected chi connectivity index (χ1v) is 3.25. The number of phenolic OH excluding ortho intramolecular Hbond substituents is 1. The third kappa shape index (κ3) is 1.54. The predicted molar refractivity (Wildman–Crippen MR) is 39.6 cm³/mol. The van der Waals surface area contributed by atoms with E-state index >= 15 is 0 Å². The van der Waals surface area contributed by atoms with E-state index in [9.17, 15) is 4.39 Å². The molecule has 0 aliphatic heterocycles. The maximum Gasteiger partial charge on any atom is 0.168 e. The van der Waals surface area contributed by atoms with Crippen LogP contribution >= 0.6 is 11.6 Å². The van der Waals surface area contributed by atoms with Gasteiger partial charge in [-0.1, -0.05) is 11.6 Å². The Bertz CT molecular complexity index is 275. The monoisotopic (exact) mass is 176 g/mol. The van der Waals surface area contributed by atoms with E-state index in [4.69, 9.17) is 16.7 Å². The summed E-state index contributed by atoms with van der Waals surface area (Å²) in [5, 5.41) is 8.97. The highest BCUT2D eigenvalue weighted by molar-refractivity contribution is 6.32. The lowest BCUT2D eigenvalue weighted by Crippen LogP contribution is -1.87. The maximum atomic E-state index is 12.7. The van der Waals surface area contributed by atoms with Gasteiger partial charge in [0, 0.05) is 12.1 Å². The Balaban J connectivity index is 3.21. The number of halogens is 2. The van der Waals surface area contributed by atoms with Crippen LogP contribution in [0.5, 0.6) is 11.5 Å². The second kappa shape index (κ2) is 2.96. The summed E-state index contributed by atoms with van der Waals surface area (Å²) in [6.45, 7) is 0. The van der Waals surface area contributed by atoms with Crippen molar-refractivity contribution in [3.63, 3.8) is 0 Å². The van der Waals surface area contributed by atoms with Gasteiger partial charge in [0.25, 0.3) is 0 Å². The van der Waals surface area contributed by atoms with Crippen LogP contribution < -0.4 is 4.74 Å². The van der Waals surface area contributed by atoms with Gasteiger partial charge < -0.3 is 9.84 Å². The fourth-order valence-corrected chi connectivity index (χ4v) is 0.828. The Morgan fingerprint density at radius 1 is 1.55 bits per heavy atom. The predicted octanol–water partition coefficient (Wildman–Crippen LogP) is 2.19. The van der Waals surface area contributed by atoms with Gasteiger partial charge in [-0.3, -0.25) is 0 Å². The summed E-state index contributed by atoms with van der Waals surface area (Å²) in [6, 6.07) is 2.12. The minimum atomic E-state index is -0.630. The summed E-state index contributed by atoms with van der Waals surface area (Å²) in [5.41, 5.74) is 0. The van der Waals surface area contributed by atoms with Crippen LogP contribution in [-0.2, 0) is 0 Å². The van der Waals surface area contributed by atoms with Gasteiger partial charge in [0.05, 0.1) is 12.1 Å². The molecule has 0 radical (unpaired) electrons. The number of ether oxygens (including phenoxy) is 1. The van der Waals surface area contributed by atoms with Gasteiger partial charge in [-0.2, -0.15) is 0 Å². The lowest BCUT2D eigenvalue weighted by Gasteiger charge is -2.02. The normalized spacial score (nSPS) is 9.73. The molecule has 0 saturated carbocycles. The molecule has 0 aliphatic carbocycles. The van der Waals surface area contributed by atoms with Crippen LogP contribution in [0, 0.1) is 5.82 Å². The molecule has 0 atom stereocenters. The van der Waals surface area contributed by atoms with E-state index in [0.717, 1.165) is 6.07 Å². The van der Waals surface area contributed by atoms with Crippen LogP contribution in [0.3, 0.4) is 0 Å². The lowest BCUT2D eigenvalue weighted by atomic mass is 10.3. The molecule has 0 heterocycles. The first-order chi connectivity index (χ1) is 5.15. The topological polar surface area (TPSA) is 29.5 Å². The van der Waals surface area contributed by atoms with Gasteiger partial charge in [-0.05, 0) is 0 Å². The van der Waals surface area contributed by atoms with Gasteiger partial charge in [-0.25, -0.2) is 4.39 Å². The Morgan fingerprint density at radius 2 is 2.18 bits per heavy atom. The molecule has 2 nitrogen and oxygen atoms in total. The minimum Gasteiger partial charge on any atom is -0.506 e. The molecule has 0 aromatic heterocycles. The Morgan fingerprint density at radius 3 is 2.73 bits per heavy atom. The van der Waals surface area contributed by atoms with E-state index in [1.807, 2.05) is 0 Å². The molecule has 0 fully saturated rings. The van der Waals surface area contributed by atoms with Crippen LogP contribution in [0.2, 0.25) is 5.02 Å². The van der Waals surface area contributed by atoms with Crippen LogP contribution in [0.15, 0.2) is 12.1 Å². The van der Waals surface area contributed by atoms with Crippen molar-refractivity contribution >= 4 is 11.6 Å². The molecule has 1 rings (SSSR count). The highest BCUT2D eigenvalue weighted by Crippen LogP contribution is 2.29. The summed E-state index contributed by atoms with van der Waals surface area (Å²) < 4.78 is 17.3. The molecule has 1 N–H and O–H groups in total. The maximum absolute atomic E-state index is 12.7. The van der Waals surface area contributed by atoms with E-state index in [1.54, 1.807) is 0 Å². The number of rotatable bonds is 1.